The highest BCUT2D eigenvalue weighted by Crippen LogP contribution is 2.24. The molecule has 0 aliphatic carbocycles. The van der Waals surface area contributed by atoms with Gasteiger partial charge in [-0.1, -0.05) is 24.3 Å². The molecule has 1 fully saturated rings. The number of piperazine rings is 1. The van der Waals surface area contributed by atoms with Crippen LogP contribution in [0.2, 0.25) is 0 Å². The molecule has 1 saturated heterocycles. The SMILES string of the molecule is CN1CCN(C(=O)COc2ccccc2F)CC1c1ccc(F)cc1. The second kappa shape index (κ2) is 7.61. The average molecular weight is 346 g/mol. The molecule has 0 saturated carbocycles. The highest BCUT2D eigenvalue weighted by atomic mass is 19.1. The molecule has 1 unspecified atom stereocenters. The number of para-hydroxylation sites is 1. The Hall–Kier alpha value is -2.47. The Balaban J connectivity index is 1.63. The van der Waals surface area contributed by atoms with Crippen molar-refractivity contribution in [1.29, 1.82) is 0 Å². The van der Waals surface area contributed by atoms with Crippen molar-refractivity contribution in [2.24, 2.45) is 0 Å². The first-order valence-corrected chi connectivity index (χ1v) is 8.15. The van der Waals surface area contributed by atoms with Crippen molar-refractivity contribution in [3.05, 3.63) is 65.7 Å². The summed E-state index contributed by atoms with van der Waals surface area (Å²) >= 11 is 0. The highest BCUT2D eigenvalue weighted by molar-refractivity contribution is 5.78. The van der Waals surface area contributed by atoms with Crippen LogP contribution >= 0.6 is 0 Å². The summed E-state index contributed by atoms with van der Waals surface area (Å²) in [4.78, 5) is 16.3. The number of nitrogens with zero attached hydrogens (tertiary/aromatic N) is 2. The van der Waals surface area contributed by atoms with Gasteiger partial charge in [0.05, 0.1) is 6.04 Å². The summed E-state index contributed by atoms with van der Waals surface area (Å²) in [6.07, 6.45) is 0. The number of hydrogen-bond donors (Lipinski definition) is 0. The molecule has 4 nitrogen and oxygen atoms in total. The lowest BCUT2D eigenvalue weighted by Crippen LogP contribution is -2.50. The maximum absolute atomic E-state index is 13.6. The van der Waals surface area contributed by atoms with E-state index in [2.05, 4.69) is 4.90 Å². The normalized spacial score (nSPS) is 18.2. The molecule has 0 N–H and O–H groups in total. The molecule has 3 rings (SSSR count). The summed E-state index contributed by atoms with van der Waals surface area (Å²) in [6, 6.07) is 12.3. The number of amides is 1. The van der Waals surface area contributed by atoms with E-state index < -0.39 is 5.82 Å². The molecule has 1 aliphatic heterocycles. The lowest BCUT2D eigenvalue weighted by Gasteiger charge is -2.39. The first-order valence-electron chi connectivity index (χ1n) is 8.15. The molecule has 6 heteroatoms. The molecule has 1 atom stereocenters. The van der Waals surface area contributed by atoms with Crippen LogP contribution in [0.25, 0.3) is 0 Å². The maximum atomic E-state index is 13.6. The largest absolute Gasteiger partial charge is 0.481 e. The third-order valence-electron chi connectivity index (χ3n) is 4.44. The second-order valence-corrected chi connectivity index (χ2v) is 6.11. The molecule has 2 aromatic rings. The van der Waals surface area contributed by atoms with Gasteiger partial charge in [0.15, 0.2) is 18.2 Å². The van der Waals surface area contributed by atoms with Crippen LogP contribution in [-0.4, -0.2) is 49.0 Å². The van der Waals surface area contributed by atoms with Crippen LogP contribution in [0.15, 0.2) is 48.5 Å². The zero-order chi connectivity index (χ0) is 17.8. The number of carbonyl (C=O) groups is 1. The van der Waals surface area contributed by atoms with Gasteiger partial charge in [0.25, 0.3) is 5.91 Å². The molecule has 1 amide bonds. The van der Waals surface area contributed by atoms with E-state index in [1.807, 2.05) is 7.05 Å². The van der Waals surface area contributed by atoms with Crippen LogP contribution in [0.1, 0.15) is 11.6 Å². The Labute approximate surface area is 145 Å². The average Bonchev–Trinajstić information content (AvgIpc) is 2.62. The summed E-state index contributed by atoms with van der Waals surface area (Å²) < 4.78 is 32.0. The summed E-state index contributed by atoms with van der Waals surface area (Å²) in [5.41, 5.74) is 0.955. The molecule has 0 spiro atoms. The van der Waals surface area contributed by atoms with Crippen LogP contribution in [0.3, 0.4) is 0 Å². The zero-order valence-corrected chi connectivity index (χ0v) is 14.0. The molecular weight excluding hydrogens is 326 g/mol. The van der Waals surface area contributed by atoms with Crippen LogP contribution in [0.4, 0.5) is 8.78 Å². The van der Waals surface area contributed by atoms with Crippen molar-refractivity contribution in [2.75, 3.05) is 33.3 Å². The molecule has 1 heterocycles. The van der Waals surface area contributed by atoms with Gasteiger partial charge in [-0.2, -0.15) is 0 Å². The minimum Gasteiger partial charge on any atom is -0.481 e. The third-order valence-corrected chi connectivity index (χ3v) is 4.44. The number of carbonyl (C=O) groups excluding carboxylic acids is 1. The number of likely N-dealkylation sites (N-methyl/N-ethyl adjacent to an activating group) is 1. The minimum atomic E-state index is -0.488. The lowest BCUT2D eigenvalue weighted by atomic mass is 10.0. The Morgan fingerprint density at radius 3 is 2.56 bits per heavy atom. The summed E-state index contributed by atoms with van der Waals surface area (Å²) in [5.74, 6) is -0.894. The van der Waals surface area contributed by atoms with Gasteiger partial charge < -0.3 is 9.64 Å². The van der Waals surface area contributed by atoms with E-state index in [0.717, 1.165) is 5.56 Å². The van der Waals surface area contributed by atoms with Gasteiger partial charge >= 0.3 is 0 Å². The van der Waals surface area contributed by atoms with E-state index in [0.29, 0.717) is 19.6 Å². The van der Waals surface area contributed by atoms with E-state index >= 15 is 0 Å². The Morgan fingerprint density at radius 2 is 1.84 bits per heavy atom. The van der Waals surface area contributed by atoms with E-state index in [4.69, 9.17) is 4.74 Å². The van der Waals surface area contributed by atoms with Crippen LogP contribution in [0.5, 0.6) is 5.75 Å². The monoisotopic (exact) mass is 346 g/mol. The second-order valence-electron chi connectivity index (χ2n) is 6.11. The molecule has 2 aromatic carbocycles. The van der Waals surface area contributed by atoms with Crippen LogP contribution in [-0.2, 0) is 4.79 Å². The Kier molecular flexibility index (Phi) is 5.28. The summed E-state index contributed by atoms with van der Waals surface area (Å²) in [7, 11) is 1.98. The van der Waals surface area contributed by atoms with Gasteiger partial charge in [-0.25, -0.2) is 8.78 Å². The predicted octanol–water partition coefficient (Wildman–Crippen LogP) is 2.86. The van der Waals surface area contributed by atoms with Gasteiger partial charge in [-0.3, -0.25) is 9.69 Å². The van der Waals surface area contributed by atoms with Crippen molar-refractivity contribution < 1.29 is 18.3 Å². The topological polar surface area (TPSA) is 32.8 Å². The van der Waals surface area contributed by atoms with Gasteiger partial charge in [0.1, 0.15) is 5.82 Å². The zero-order valence-electron chi connectivity index (χ0n) is 14.0. The van der Waals surface area contributed by atoms with Crippen molar-refractivity contribution >= 4 is 5.91 Å². The predicted molar refractivity (Wildman–Crippen MR) is 90.2 cm³/mol. The van der Waals surface area contributed by atoms with Gasteiger partial charge in [-0.05, 0) is 36.9 Å². The number of rotatable bonds is 4. The number of hydrogen-bond acceptors (Lipinski definition) is 3. The molecule has 25 heavy (non-hydrogen) atoms. The van der Waals surface area contributed by atoms with E-state index in [9.17, 15) is 13.6 Å². The van der Waals surface area contributed by atoms with Crippen molar-refractivity contribution in [2.45, 2.75) is 6.04 Å². The van der Waals surface area contributed by atoms with Gasteiger partial charge in [0.2, 0.25) is 0 Å². The van der Waals surface area contributed by atoms with E-state index in [1.54, 1.807) is 29.2 Å². The van der Waals surface area contributed by atoms with Crippen molar-refractivity contribution in [3.63, 3.8) is 0 Å². The summed E-state index contributed by atoms with van der Waals surface area (Å²) in [5, 5.41) is 0. The molecule has 0 bridgehead atoms. The Morgan fingerprint density at radius 1 is 1.12 bits per heavy atom. The van der Waals surface area contributed by atoms with Crippen LogP contribution < -0.4 is 4.74 Å². The summed E-state index contributed by atoms with van der Waals surface area (Å²) in [6.45, 7) is 1.56. The van der Waals surface area contributed by atoms with Crippen molar-refractivity contribution in [1.82, 2.24) is 9.80 Å². The smallest absolute Gasteiger partial charge is 0.260 e. The fourth-order valence-electron chi connectivity index (χ4n) is 2.94. The highest BCUT2D eigenvalue weighted by Gasteiger charge is 2.28. The van der Waals surface area contributed by atoms with Gasteiger partial charge in [0, 0.05) is 19.6 Å². The first kappa shape index (κ1) is 17.4. The number of halogens is 2. The Bertz CT molecular complexity index is 736. The van der Waals surface area contributed by atoms with E-state index in [1.165, 1.54) is 24.3 Å². The minimum absolute atomic E-state index is 0.00763. The first-order chi connectivity index (χ1) is 12.0. The molecule has 0 aromatic heterocycles. The number of ether oxygens (including phenoxy) is 1. The molecule has 0 radical (unpaired) electrons. The quantitative estimate of drug-likeness (QED) is 0.853. The number of benzene rings is 2. The molecule has 132 valence electrons. The standard InChI is InChI=1S/C19H20F2N2O2/c1-22-10-11-23(12-17(22)14-6-8-15(20)9-7-14)19(24)13-25-18-5-3-2-4-16(18)21/h2-9,17H,10-13H2,1H3. The van der Waals surface area contributed by atoms with Gasteiger partial charge in [-0.15, -0.1) is 0 Å². The third kappa shape index (κ3) is 4.14. The fraction of sp³-hybridized carbons (Fsp3) is 0.316. The lowest BCUT2D eigenvalue weighted by molar-refractivity contribution is -0.136. The van der Waals surface area contributed by atoms with Crippen LogP contribution in [0, 0.1) is 11.6 Å². The fourth-order valence-corrected chi connectivity index (χ4v) is 2.94. The molecular formula is C19H20F2N2O2. The van der Waals surface area contributed by atoms with E-state index in [-0.39, 0.29) is 30.1 Å². The molecule has 1 aliphatic rings. The maximum Gasteiger partial charge on any atom is 0.260 e. The van der Waals surface area contributed by atoms with Crippen molar-refractivity contribution in [3.8, 4) is 5.75 Å².